The summed E-state index contributed by atoms with van der Waals surface area (Å²) in [5, 5.41) is 15.7. The van der Waals surface area contributed by atoms with Crippen molar-refractivity contribution < 1.29 is 9.90 Å². The van der Waals surface area contributed by atoms with Crippen molar-refractivity contribution in [2.24, 2.45) is 0 Å². The van der Waals surface area contributed by atoms with E-state index in [0.29, 0.717) is 17.5 Å². The average molecular weight is 326 g/mol. The monoisotopic (exact) mass is 326 g/mol. The number of hydrogen-bond acceptors (Lipinski definition) is 5. The van der Waals surface area contributed by atoms with Gasteiger partial charge in [-0.15, -0.1) is 0 Å². The molecule has 126 valence electrons. The minimum Gasteiger partial charge on any atom is -0.478 e. The fourth-order valence-electron chi connectivity index (χ4n) is 3.02. The molecular weight excluding hydrogens is 304 g/mol. The highest BCUT2D eigenvalue weighted by atomic mass is 16.4. The van der Waals surface area contributed by atoms with Crippen LogP contribution in [-0.4, -0.2) is 27.1 Å². The molecule has 0 atom stereocenters. The van der Waals surface area contributed by atoms with E-state index in [2.05, 4.69) is 20.6 Å². The Labute approximate surface area is 141 Å². The second kappa shape index (κ2) is 7.77. The van der Waals surface area contributed by atoms with Crippen molar-refractivity contribution in [3.8, 4) is 0 Å². The van der Waals surface area contributed by atoms with Crippen LogP contribution in [0.5, 0.6) is 0 Å². The van der Waals surface area contributed by atoms with Gasteiger partial charge >= 0.3 is 5.97 Å². The van der Waals surface area contributed by atoms with Gasteiger partial charge in [0.1, 0.15) is 18.0 Å². The summed E-state index contributed by atoms with van der Waals surface area (Å²) in [6.45, 7) is 0. The fourth-order valence-corrected chi connectivity index (χ4v) is 3.02. The molecule has 1 aromatic heterocycles. The number of aromatic carboxylic acids is 1. The van der Waals surface area contributed by atoms with Crippen molar-refractivity contribution >= 4 is 23.3 Å². The number of nitrogens with zero attached hydrogens (tertiary/aromatic N) is 2. The smallest absolute Gasteiger partial charge is 0.335 e. The van der Waals surface area contributed by atoms with Crippen molar-refractivity contribution in [2.75, 3.05) is 10.6 Å². The largest absolute Gasteiger partial charge is 0.478 e. The molecule has 1 aromatic carbocycles. The summed E-state index contributed by atoms with van der Waals surface area (Å²) in [5.41, 5.74) is 0.930. The summed E-state index contributed by atoms with van der Waals surface area (Å²) in [4.78, 5) is 19.6. The molecule has 1 aliphatic rings. The highest BCUT2D eigenvalue weighted by Crippen LogP contribution is 2.22. The lowest BCUT2D eigenvalue weighted by atomic mass is 10.1. The molecule has 0 spiro atoms. The van der Waals surface area contributed by atoms with Gasteiger partial charge in [-0.05, 0) is 31.0 Å². The molecule has 0 saturated heterocycles. The van der Waals surface area contributed by atoms with Crippen molar-refractivity contribution in [1.82, 2.24) is 9.97 Å². The first-order chi connectivity index (χ1) is 11.7. The summed E-state index contributed by atoms with van der Waals surface area (Å²) in [5.74, 6) is 0.495. The molecule has 1 aliphatic carbocycles. The van der Waals surface area contributed by atoms with Crippen molar-refractivity contribution in [3.05, 3.63) is 42.2 Å². The molecule has 0 unspecified atom stereocenters. The first-order valence-corrected chi connectivity index (χ1v) is 8.40. The minimum atomic E-state index is -0.947. The van der Waals surface area contributed by atoms with Crippen molar-refractivity contribution in [1.29, 1.82) is 0 Å². The van der Waals surface area contributed by atoms with Crippen molar-refractivity contribution in [2.45, 2.75) is 44.6 Å². The zero-order chi connectivity index (χ0) is 16.8. The molecule has 1 fully saturated rings. The zero-order valence-corrected chi connectivity index (χ0v) is 13.5. The first kappa shape index (κ1) is 16.2. The van der Waals surface area contributed by atoms with E-state index in [-0.39, 0.29) is 5.56 Å². The van der Waals surface area contributed by atoms with Crippen LogP contribution in [0.4, 0.5) is 17.3 Å². The highest BCUT2D eigenvalue weighted by Gasteiger charge is 2.12. The maximum atomic E-state index is 11.0. The number of carbonyl (C=O) groups is 1. The number of benzene rings is 1. The second-order valence-electron chi connectivity index (χ2n) is 6.13. The van der Waals surface area contributed by atoms with Gasteiger partial charge in [0, 0.05) is 17.8 Å². The summed E-state index contributed by atoms with van der Waals surface area (Å²) >= 11 is 0. The van der Waals surface area contributed by atoms with Gasteiger partial charge in [0.2, 0.25) is 0 Å². The van der Waals surface area contributed by atoms with Crippen LogP contribution in [0.15, 0.2) is 36.7 Å². The van der Waals surface area contributed by atoms with Gasteiger partial charge < -0.3 is 15.7 Å². The molecule has 24 heavy (non-hydrogen) atoms. The summed E-state index contributed by atoms with van der Waals surface area (Å²) in [6.07, 6.45) is 9.01. The SMILES string of the molecule is O=C(O)c1cccc(Nc2cc(NC3CCCCCC3)ncn2)c1. The molecule has 0 amide bonds. The minimum absolute atomic E-state index is 0.242. The van der Waals surface area contributed by atoms with Crippen LogP contribution in [0.1, 0.15) is 48.9 Å². The predicted octanol–water partition coefficient (Wildman–Crippen LogP) is 4.05. The Morgan fingerprint density at radius 1 is 1.04 bits per heavy atom. The van der Waals surface area contributed by atoms with Gasteiger partial charge in [-0.3, -0.25) is 0 Å². The third-order valence-electron chi connectivity index (χ3n) is 4.26. The standard InChI is InChI=1S/C18H22N4O2/c23-18(24)13-6-5-9-15(10-13)22-17-11-16(19-12-20-17)21-14-7-3-1-2-4-8-14/h5-6,9-12,14H,1-4,7-8H2,(H,23,24)(H2,19,20,21,22). The molecule has 3 N–H and O–H groups in total. The third-order valence-corrected chi connectivity index (χ3v) is 4.26. The number of anilines is 3. The third kappa shape index (κ3) is 4.44. The maximum Gasteiger partial charge on any atom is 0.335 e. The number of hydrogen-bond donors (Lipinski definition) is 3. The molecule has 0 bridgehead atoms. The van der Waals surface area contributed by atoms with Crippen LogP contribution in [0.2, 0.25) is 0 Å². The Hall–Kier alpha value is -2.63. The van der Waals surface area contributed by atoms with E-state index in [1.807, 2.05) is 12.1 Å². The van der Waals surface area contributed by atoms with Gasteiger partial charge in [0.15, 0.2) is 0 Å². The van der Waals surface area contributed by atoms with Crippen LogP contribution in [0.3, 0.4) is 0 Å². The number of carboxylic acid groups (broad SMARTS) is 1. The molecular formula is C18H22N4O2. The second-order valence-corrected chi connectivity index (χ2v) is 6.13. The van der Waals surface area contributed by atoms with E-state index in [1.165, 1.54) is 44.9 Å². The van der Waals surface area contributed by atoms with E-state index in [9.17, 15) is 4.79 Å². The maximum absolute atomic E-state index is 11.0. The predicted molar refractivity (Wildman–Crippen MR) is 93.8 cm³/mol. The van der Waals surface area contributed by atoms with E-state index in [1.54, 1.807) is 18.2 Å². The Morgan fingerprint density at radius 2 is 1.79 bits per heavy atom. The normalized spacial score (nSPS) is 15.5. The molecule has 3 rings (SSSR count). The lowest BCUT2D eigenvalue weighted by Gasteiger charge is -2.17. The summed E-state index contributed by atoms with van der Waals surface area (Å²) < 4.78 is 0. The Bertz CT molecular complexity index is 697. The first-order valence-electron chi connectivity index (χ1n) is 8.40. The number of rotatable bonds is 5. The van der Waals surface area contributed by atoms with Crippen LogP contribution >= 0.6 is 0 Å². The molecule has 0 radical (unpaired) electrons. The molecule has 6 heteroatoms. The highest BCUT2D eigenvalue weighted by molar-refractivity contribution is 5.89. The van der Waals surface area contributed by atoms with Crippen LogP contribution in [0, 0.1) is 0 Å². The molecule has 1 heterocycles. The molecule has 2 aromatic rings. The number of nitrogens with one attached hydrogen (secondary N) is 2. The lowest BCUT2D eigenvalue weighted by molar-refractivity contribution is 0.0697. The molecule has 1 saturated carbocycles. The van der Waals surface area contributed by atoms with Gasteiger partial charge in [-0.25, -0.2) is 14.8 Å². The van der Waals surface area contributed by atoms with Gasteiger partial charge in [0.05, 0.1) is 5.56 Å². The van der Waals surface area contributed by atoms with Crippen LogP contribution in [0.25, 0.3) is 0 Å². The van der Waals surface area contributed by atoms with E-state index in [4.69, 9.17) is 5.11 Å². The van der Waals surface area contributed by atoms with E-state index in [0.717, 1.165) is 5.82 Å². The molecule has 6 nitrogen and oxygen atoms in total. The van der Waals surface area contributed by atoms with Crippen molar-refractivity contribution in [3.63, 3.8) is 0 Å². The fraction of sp³-hybridized carbons (Fsp3) is 0.389. The van der Waals surface area contributed by atoms with Crippen LogP contribution in [-0.2, 0) is 0 Å². The lowest BCUT2D eigenvalue weighted by Crippen LogP contribution is -2.19. The summed E-state index contributed by atoms with van der Waals surface area (Å²) in [7, 11) is 0. The van der Waals surface area contributed by atoms with Gasteiger partial charge in [-0.2, -0.15) is 0 Å². The van der Waals surface area contributed by atoms with Crippen LogP contribution < -0.4 is 10.6 Å². The van der Waals surface area contributed by atoms with E-state index < -0.39 is 5.97 Å². The summed E-state index contributed by atoms with van der Waals surface area (Å²) in [6, 6.07) is 8.99. The molecule has 0 aliphatic heterocycles. The number of carboxylic acids is 1. The Morgan fingerprint density at radius 3 is 2.54 bits per heavy atom. The Kier molecular flexibility index (Phi) is 5.25. The van der Waals surface area contributed by atoms with Gasteiger partial charge in [-0.1, -0.05) is 31.7 Å². The number of aromatic nitrogens is 2. The van der Waals surface area contributed by atoms with Gasteiger partial charge in [0.25, 0.3) is 0 Å². The topological polar surface area (TPSA) is 87.1 Å². The van der Waals surface area contributed by atoms with E-state index >= 15 is 0 Å². The zero-order valence-electron chi connectivity index (χ0n) is 13.5. The Balaban J connectivity index is 1.68. The quantitative estimate of drug-likeness (QED) is 0.718. The average Bonchev–Trinajstić information content (AvgIpc) is 2.84.